The molecule has 0 aliphatic rings. The summed E-state index contributed by atoms with van der Waals surface area (Å²) in [6.07, 6.45) is 3.34. The number of hydrogen-bond acceptors (Lipinski definition) is 4. The second-order valence-corrected chi connectivity index (χ2v) is 5.12. The topological polar surface area (TPSA) is 51.8 Å². The molecule has 0 atom stereocenters. The van der Waals surface area contributed by atoms with Crippen LogP contribution in [-0.4, -0.2) is 9.97 Å². The van der Waals surface area contributed by atoms with E-state index in [1.54, 1.807) is 23.7 Å². The van der Waals surface area contributed by atoms with Crippen LogP contribution < -0.4 is 5.73 Å². The van der Waals surface area contributed by atoms with E-state index in [1.165, 1.54) is 0 Å². The van der Waals surface area contributed by atoms with E-state index in [-0.39, 0.29) is 0 Å². The molecule has 14 heavy (non-hydrogen) atoms. The summed E-state index contributed by atoms with van der Waals surface area (Å²) in [5, 5.41) is 0. The number of nitrogens with zero attached hydrogens (tertiary/aromatic N) is 2. The van der Waals surface area contributed by atoms with Crippen LogP contribution in [0.5, 0.6) is 0 Å². The van der Waals surface area contributed by atoms with Crippen LogP contribution in [0.4, 0.5) is 0 Å². The van der Waals surface area contributed by atoms with Gasteiger partial charge >= 0.3 is 0 Å². The first-order valence-corrected chi connectivity index (χ1v) is 5.68. The van der Waals surface area contributed by atoms with Gasteiger partial charge in [0.15, 0.2) is 0 Å². The van der Waals surface area contributed by atoms with Gasteiger partial charge in [0, 0.05) is 18.9 Å². The van der Waals surface area contributed by atoms with Crippen LogP contribution in [-0.2, 0) is 6.54 Å². The molecule has 2 N–H and O–H groups in total. The molecule has 3 nitrogen and oxygen atoms in total. The zero-order chi connectivity index (χ0) is 9.97. The predicted octanol–water partition coefficient (Wildman–Crippen LogP) is 2.43. The molecule has 0 aliphatic carbocycles. The molecular formula is C9H8BrN3S. The van der Waals surface area contributed by atoms with Gasteiger partial charge in [-0.1, -0.05) is 0 Å². The largest absolute Gasteiger partial charge is 0.325 e. The Bertz CT molecular complexity index is 441. The molecule has 0 aliphatic heterocycles. The lowest BCUT2D eigenvalue weighted by Gasteiger charge is -2.01. The van der Waals surface area contributed by atoms with E-state index in [0.717, 1.165) is 20.1 Å². The van der Waals surface area contributed by atoms with Gasteiger partial charge in [0.25, 0.3) is 0 Å². The van der Waals surface area contributed by atoms with Crippen molar-refractivity contribution in [3.05, 3.63) is 34.0 Å². The van der Waals surface area contributed by atoms with Gasteiger partial charge in [0.05, 0.1) is 14.4 Å². The first kappa shape index (κ1) is 9.76. The Morgan fingerprint density at radius 3 is 2.71 bits per heavy atom. The molecule has 2 heterocycles. The lowest BCUT2D eigenvalue weighted by Crippen LogP contribution is -2.02. The van der Waals surface area contributed by atoms with Crippen molar-refractivity contribution in [2.24, 2.45) is 5.73 Å². The summed E-state index contributed by atoms with van der Waals surface area (Å²) in [7, 11) is 0. The van der Waals surface area contributed by atoms with Crippen LogP contribution in [0, 0.1) is 0 Å². The van der Waals surface area contributed by atoms with Gasteiger partial charge < -0.3 is 5.73 Å². The van der Waals surface area contributed by atoms with Gasteiger partial charge in [0.1, 0.15) is 5.69 Å². The molecule has 2 rings (SSSR count). The predicted molar refractivity (Wildman–Crippen MR) is 60.9 cm³/mol. The molecule has 72 valence electrons. The maximum absolute atomic E-state index is 5.59. The Hall–Kier alpha value is -0.780. The number of thiophene rings is 1. The van der Waals surface area contributed by atoms with Gasteiger partial charge in [-0.25, -0.2) is 0 Å². The van der Waals surface area contributed by atoms with E-state index in [1.807, 2.05) is 12.1 Å². The van der Waals surface area contributed by atoms with Crippen molar-refractivity contribution in [3.8, 4) is 10.6 Å². The molecule has 2 aromatic heterocycles. The zero-order valence-corrected chi connectivity index (χ0v) is 9.68. The van der Waals surface area contributed by atoms with Gasteiger partial charge in [-0.15, -0.1) is 11.3 Å². The third-order valence-electron chi connectivity index (χ3n) is 1.77. The summed E-state index contributed by atoms with van der Waals surface area (Å²) < 4.78 is 1.08. The van der Waals surface area contributed by atoms with Gasteiger partial charge in [0.2, 0.25) is 0 Å². The Morgan fingerprint density at radius 2 is 2.07 bits per heavy atom. The highest BCUT2D eigenvalue weighted by Gasteiger charge is 2.07. The third-order valence-corrected chi connectivity index (χ3v) is 3.40. The Balaban J connectivity index is 2.50. The standard InChI is InChI=1S/C9H8BrN3S/c10-8-2-1-7(14-8)9-6(5-11)12-3-4-13-9/h1-4H,5,11H2. The van der Waals surface area contributed by atoms with Crippen molar-refractivity contribution < 1.29 is 0 Å². The molecule has 0 saturated carbocycles. The van der Waals surface area contributed by atoms with Gasteiger partial charge in [-0.2, -0.15) is 0 Å². The molecule has 5 heteroatoms. The van der Waals surface area contributed by atoms with Crippen LogP contribution in [0.25, 0.3) is 10.6 Å². The second kappa shape index (κ2) is 4.16. The molecule has 0 spiro atoms. The SMILES string of the molecule is NCc1nccnc1-c1ccc(Br)s1. The van der Waals surface area contributed by atoms with Crippen LogP contribution in [0.15, 0.2) is 28.3 Å². The normalized spacial score (nSPS) is 10.4. The van der Waals surface area contributed by atoms with Crippen molar-refractivity contribution in [1.29, 1.82) is 0 Å². The fourth-order valence-corrected chi connectivity index (χ4v) is 2.57. The molecule has 0 saturated heterocycles. The smallest absolute Gasteiger partial charge is 0.103 e. The molecule has 2 aromatic rings. The molecular weight excluding hydrogens is 262 g/mol. The van der Waals surface area contributed by atoms with Crippen LogP contribution in [0.2, 0.25) is 0 Å². The van der Waals surface area contributed by atoms with Crippen molar-refractivity contribution in [2.45, 2.75) is 6.54 Å². The first-order valence-electron chi connectivity index (χ1n) is 4.07. The summed E-state index contributed by atoms with van der Waals surface area (Å²) in [5.41, 5.74) is 7.30. The Kier molecular flexibility index (Phi) is 2.90. The number of nitrogens with two attached hydrogens (primary N) is 1. The maximum atomic E-state index is 5.59. The molecule has 0 radical (unpaired) electrons. The quantitative estimate of drug-likeness (QED) is 0.911. The highest BCUT2D eigenvalue weighted by Crippen LogP contribution is 2.30. The van der Waals surface area contributed by atoms with Crippen LogP contribution >= 0.6 is 27.3 Å². The summed E-state index contributed by atoms with van der Waals surface area (Å²) in [5.74, 6) is 0. The molecule has 0 aromatic carbocycles. The van der Waals surface area contributed by atoms with E-state index >= 15 is 0 Å². The monoisotopic (exact) mass is 269 g/mol. The highest BCUT2D eigenvalue weighted by atomic mass is 79.9. The van der Waals surface area contributed by atoms with Crippen molar-refractivity contribution in [1.82, 2.24) is 9.97 Å². The van der Waals surface area contributed by atoms with E-state index in [2.05, 4.69) is 25.9 Å². The Morgan fingerprint density at radius 1 is 1.29 bits per heavy atom. The van der Waals surface area contributed by atoms with Crippen molar-refractivity contribution >= 4 is 27.3 Å². The molecule has 0 amide bonds. The van der Waals surface area contributed by atoms with Crippen molar-refractivity contribution in [2.75, 3.05) is 0 Å². The number of halogens is 1. The zero-order valence-electron chi connectivity index (χ0n) is 7.27. The van der Waals surface area contributed by atoms with Crippen molar-refractivity contribution in [3.63, 3.8) is 0 Å². The minimum absolute atomic E-state index is 0.415. The number of rotatable bonds is 2. The maximum Gasteiger partial charge on any atom is 0.103 e. The van der Waals surface area contributed by atoms with Gasteiger partial charge in [-0.05, 0) is 28.1 Å². The first-order chi connectivity index (χ1) is 6.81. The fourth-order valence-electron chi connectivity index (χ4n) is 1.16. The highest BCUT2D eigenvalue weighted by molar-refractivity contribution is 9.11. The summed E-state index contributed by atoms with van der Waals surface area (Å²) >= 11 is 5.04. The van der Waals surface area contributed by atoms with E-state index < -0.39 is 0 Å². The van der Waals surface area contributed by atoms with Gasteiger partial charge in [-0.3, -0.25) is 9.97 Å². The number of hydrogen-bond donors (Lipinski definition) is 1. The lowest BCUT2D eigenvalue weighted by atomic mass is 10.2. The summed E-state index contributed by atoms with van der Waals surface area (Å²) in [4.78, 5) is 9.56. The lowest BCUT2D eigenvalue weighted by molar-refractivity contribution is 0.971. The molecule has 0 bridgehead atoms. The minimum atomic E-state index is 0.415. The average molecular weight is 270 g/mol. The van der Waals surface area contributed by atoms with E-state index in [9.17, 15) is 0 Å². The second-order valence-electron chi connectivity index (χ2n) is 2.66. The molecule has 0 fully saturated rings. The fraction of sp³-hybridized carbons (Fsp3) is 0.111. The molecule has 0 unspecified atom stereocenters. The Labute approximate surface area is 94.1 Å². The minimum Gasteiger partial charge on any atom is -0.325 e. The number of aromatic nitrogens is 2. The average Bonchev–Trinajstić information content (AvgIpc) is 2.65. The summed E-state index contributed by atoms with van der Waals surface area (Å²) in [6.45, 7) is 0.415. The van der Waals surface area contributed by atoms with E-state index in [0.29, 0.717) is 6.54 Å². The van der Waals surface area contributed by atoms with Crippen LogP contribution in [0.1, 0.15) is 5.69 Å². The van der Waals surface area contributed by atoms with Crippen LogP contribution in [0.3, 0.4) is 0 Å². The third kappa shape index (κ3) is 1.84. The summed E-state index contributed by atoms with van der Waals surface area (Å²) in [6, 6.07) is 4.01. The van der Waals surface area contributed by atoms with E-state index in [4.69, 9.17) is 5.73 Å².